The van der Waals surface area contributed by atoms with E-state index in [2.05, 4.69) is 32.9 Å². The molecular formula is C16H20BrN3O2S2. The van der Waals surface area contributed by atoms with Gasteiger partial charge in [-0.05, 0) is 55.6 Å². The first-order valence-electron chi connectivity index (χ1n) is 8.02. The van der Waals surface area contributed by atoms with Crippen LogP contribution in [0.1, 0.15) is 47.6 Å². The number of fused-ring (bicyclic) bond motifs is 1. The standard InChI is InChI=1S/C16H20BrN3O2S2/c1-18-19-16(23-8-13(21)22)20(9-17)15-12-5-3-2-4-11(12)14(24-15)10-6-7-10/h10H,1-9H2,(H,21,22)/b19-16+. The fraction of sp³-hybridized carbons (Fsp3) is 0.562. The fourth-order valence-corrected chi connectivity index (χ4v) is 6.20. The van der Waals surface area contributed by atoms with E-state index >= 15 is 0 Å². The quantitative estimate of drug-likeness (QED) is 0.238. The molecule has 0 unspecified atom stereocenters. The van der Waals surface area contributed by atoms with E-state index in [1.807, 2.05) is 16.2 Å². The third-order valence-corrected chi connectivity index (χ3v) is 7.17. The van der Waals surface area contributed by atoms with Crippen LogP contribution < -0.4 is 4.90 Å². The average molecular weight is 430 g/mol. The number of carboxylic acids is 1. The molecule has 2 aliphatic carbocycles. The first-order chi connectivity index (χ1) is 11.7. The zero-order valence-electron chi connectivity index (χ0n) is 13.3. The Labute approximate surface area is 158 Å². The third-order valence-electron chi connectivity index (χ3n) is 4.25. The number of thioether (sulfide) groups is 1. The molecule has 0 bridgehead atoms. The molecule has 1 fully saturated rings. The number of rotatable bonds is 6. The molecule has 0 amide bonds. The van der Waals surface area contributed by atoms with E-state index in [1.54, 1.807) is 10.4 Å². The molecule has 1 aromatic heterocycles. The van der Waals surface area contributed by atoms with Crippen LogP contribution in [0.5, 0.6) is 0 Å². The van der Waals surface area contributed by atoms with Gasteiger partial charge < -0.3 is 10.0 Å². The van der Waals surface area contributed by atoms with Gasteiger partial charge in [0, 0.05) is 11.6 Å². The van der Waals surface area contributed by atoms with E-state index in [9.17, 15) is 4.79 Å². The molecule has 0 atom stereocenters. The van der Waals surface area contributed by atoms with Gasteiger partial charge in [-0.1, -0.05) is 27.7 Å². The van der Waals surface area contributed by atoms with E-state index in [-0.39, 0.29) is 5.75 Å². The van der Waals surface area contributed by atoms with Gasteiger partial charge in [-0.15, -0.1) is 16.4 Å². The van der Waals surface area contributed by atoms with Crippen LogP contribution in [0.2, 0.25) is 0 Å². The largest absolute Gasteiger partial charge is 0.481 e. The zero-order valence-corrected chi connectivity index (χ0v) is 16.6. The Morgan fingerprint density at radius 1 is 1.38 bits per heavy atom. The molecular weight excluding hydrogens is 410 g/mol. The highest BCUT2D eigenvalue weighted by atomic mass is 79.9. The van der Waals surface area contributed by atoms with E-state index < -0.39 is 5.97 Å². The summed E-state index contributed by atoms with van der Waals surface area (Å²) in [6, 6.07) is 0. The lowest BCUT2D eigenvalue weighted by Gasteiger charge is -2.23. The summed E-state index contributed by atoms with van der Waals surface area (Å²) in [5.41, 5.74) is 3.54. The first kappa shape index (κ1) is 17.9. The molecule has 3 rings (SSSR count). The number of halogens is 1. The Balaban J connectivity index is 1.95. The zero-order chi connectivity index (χ0) is 17.1. The van der Waals surface area contributed by atoms with Crippen LogP contribution >= 0.6 is 39.0 Å². The van der Waals surface area contributed by atoms with Crippen molar-refractivity contribution >= 4 is 61.9 Å². The Morgan fingerprint density at radius 2 is 2.08 bits per heavy atom. The minimum absolute atomic E-state index is 0.0408. The summed E-state index contributed by atoms with van der Waals surface area (Å²) in [5, 5.41) is 18.5. The molecule has 1 aromatic rings. The maximum Gasteiger partial charge on any atom is 0.313 e. The van der Waals surface area contributed by atoms with E-state index in [1.165, 1.54) is 54.4 Å². The van der Waals surface area contributed by atoms with Crippen LogP contribution in [0.15, 0.2) is 10.2 Å². The van der Waals surface area contributed by atoms with Gasteiger partial charge in [-0.2, -0.15) is 5.10 Å². The predicted molar refractivity (Wildman–Crippen MR) is 106 cm³/mol. The van der Waals surface area contributed by atoms with Gasteiger partial charge in [-0.25, -0.2) is 0 Å². The molecule has 0 radical (unpaired) electrons. The maximum absolute atomic E-state index is 10.9. The van der Waals surface area contributed by atoms with Gasteiger partial charge in [0.15, 0.2) is 5.17 Å². The van der Waals surface area contributed by atoms with Crippen molar-refractivity contribution in [1.82, 2.24) is 0 Å². The Bertz CT molecular complexity index is 671. The number of hydrogen-bond acceptors (Lipinski definition) is 5. The highest BCUT2D eigenvalue weighted by Gasteiger charge is 2.33. The molecule has 0 spiro atoms. The lowest BCUT2D eigenvalue weighted by atomic mass is 9.92. The fourth-order valence-electron chi connectivity index (χ4n) is 3.07. The van der Waals surface area contributed by atoms with Crippen molar-refractivity contribution in [1.29, 1.82) is 0 Å². The minimum atomic E-state index is -0.863. The first-order valence-corrected chi connectivity index (χ1v) is 10.9. The van der Waals surface area contributed by atoms with Crippen LogP contribution in [-0.4, -0.2) is 34.2 Å². The van der Waals surface area contributed by atoms with Gasteiger partial charge in [0.1, 0.15) is 5.00 Å². The molecule has 1 heterocycles. The monoisotopic (exact) mass is 429 g/mol. The van der Waals surface area contributed by atoms with E-state index in [4.69, 9.17) is 5.11 Å². The molecule has 0 saturated heterocycles. The Morgan fingerprint density at radius 3 is 2.67 bits per heavy atom. The summed E-state index contributed by atoms with van der Waals surface area (Å²) >= 11 is 6.59. The second-order valence-electron chi connectivity index (χ2n) is 5.96. The number of thiophene rings is 1. The molecule has 2 aliphatic rings. The maximum atomic E-state index is 10.9. The number of alkyl halides is 1. The number of anilines is 1. The van der Waals surface area contributed by atoms with Gasteiger partial charge in [0.05, 0.1) is 11.2 Å². The van der Waals surface area contributed by atoms with E-state index in [0.717, 1.165) is 12.3 Å². The van der Waals surface area contributed by atoms with Crippen molar-refractivity contribution in [3.8, 4) is 0 Å². The molecule has 130 valence electrons. The number of nitrogens with zero attached hydrogens (tertiary/aromatic N) is 3. The van der Waals surface area contributed by atoms with Crippen LogP contribution in [0.25, 0.3) is 0 Å². The second-order valence-corrected chi connectivity index (χ2v) is 8.44. The average Bonchev–Trinajstić information content (AvgIpc) is 3.35. The van der Waals surface area contributed by atoms with Gasteiger partial charge in [0.2, 0.25) is 0 Å². The van der Waals surface area contributed by atoms with Gasteiger partial charge in [-0.3, -0.25) is 4.79 Å². The molecule has 1 saturated carbocycles. The van der Waals surface area contributed by atoms with Crippen molar-refractivity contribution < 1.29 is 9.90 Å². The summed E-state index contributed by atoms with van der Waals surface area (Å²) in [7, 11) is 0. The number of carbonyl (C=O) groups is 1. The lowest BCUT2D eigenvalue weighted by molar-refractivity contribution is -0.133. The highest BCUT2D eigenvalue weighted by Crippen LogP contribution is 2.51. The second kappa shape index (κ2) is 8.01. The SMILES string of the molecule is C=N/N=C(/SCC(=O)O)N(CBr)c1sc(C2CC2)c2c1CCCC2. The van der Waals surface area contributed by atoms with Crippen molar-refractivity contribution in [2.24, 2.45) is 10.2 Å². The molecule has 24 heavy (non-hydrogen) atoms. The van der Waals surface area contributed by atoms with Crippen molar-refractivity contribution in [2.45, 2.75) is 44.4 Å². The number of amidine groups is 1. The number of carboxylic acid groups (broad SMARTS) is 1. The van der Waals surface area contributed by atoms with Crippen LogP contribution in [0.3, 0.4) is 0 Å². The van der Waals surface area contributed by atoms with Crippen LogP contribution in [0.4, 0.5) is 5.00 Å². The van der Waals surface area contributed by atoms with Gasteiger partial charge in [0.25, 0.3) is 0 Å². The topological polar surface area (TPSA) is 65.3 Å². The molecule has 0 aliphatic heterocycles. The van der Waals surface area contributed by atoms with Gasteiger partial charge >= 0.3 is 5.97 Å². The normalized spacial score (nSPS) is 17.5. The van der Waals surface area contributed by atoms with Crippen molar-refractivity contribution in [2.75, 3.05) is 16.1 Å². The summed E-state index contributed by atoms with van der Waals surface area (Å²) in [6.45, 7) is 3.43. The van der Waals surface area contributed by atoms with Crippen molar-refractivity contribution in [3.05, 3.63) is 16.0 Å². The summed E-state index contributed by atoms with van der Waals surface area (Å²) in [5.74, 6) is -0.170. The van der Waals surface area contributed by atoms with E-state index in [0.29, 0.717) is 10.6 Å². The third kappa shape index (κ3) is 3.86. The smallest absolute Gasteiger partial charge is 0.313 e. The summed E-state index contributed by atoms with van der Waals surface area (Å²) in [4.78, 5) is 14.5. The van der Waals surface area contributed by atoms with Crippen LogP contribution in [0, 0.1) is 0 Å². The highest BCUT2D eigenvalue weighted by molar-refractivity contribution is 9.09. The summed E-state index contributed by atoms with van der Waals surface area (Å²) in [6.07, 6.45) is 7.33. The lowest BCUT2D eigenvalue weighted by Crippen LogP contribution is -2.28. The number of aliphatic carboxylic acids is 1. The molecule has 8 heteroatoms. The molecule has 5 nitrogen and oxygen atoms in total. The Kier molecular flexibility index (Phi) is 5.99. The number of hydrogen-bond donors (Lipinski definition) is 1. The predicted octanol–water partition coefficient (Wildman–Crippen LogP) is 4.45. The molecule has 1 N–H and O–H groups in total. The van der Waals surface area contributed by atoms with Crippen molar-refractivity contribution in [3.63, 3.8) is 0 Å². The summed E-state index contributed by atoms with van der Waals surface area (Å²) < 4.78 is 0. The van der Waals surface area contributed by atoms with Crippen LogP contribution in [-0.2, 0) is 17.6 Å². The Hall–Kier alpha value is -0.860. The minimum Gasteiger partial charge on any atom is -0.481 e. The molecule has 0 aromatic carbocycles.